The third-order valence-corrected chi connectivity index (χ3v) is 16.0. The van der Waals surface area contributed by atoms with Gasteiger partial charge < -0.3 is 19.4 Å². The number of unbranched alkanes of at least 4 members (excludes halogenated alkanes) is 32. The average Bonchev–Trinajstić information content (AvgIpc) is 3.47. The first-order valence-electron chi connectivity index (χ1n) is 34.6. The smallest absolute Gasteiger partial charge is 0.456 e. The van der Waals surface area contributed by atoms with E-state index in [1.807, 2.05) is 33.3 Å². The van der Waals surface area contributed by atoms with Gasteiger partial charge in [-0.1, -0.05) is 272 Å². The van der Waals surface area contributed by atoms with Crippen LogP contribution in [-0.2, 0) is 27.9 Å². The lowest BCUT2D eigenvalue weighted by Crippen LogP contribution is -2.47. The van der Waals surface area contributed by atoms with Crippen LogP contribution in [0.3, 0.4) is 0 Å². The number of ether oxygens (including phenoxy) is 1. The Bertz CT molecular complexity index is 1740. The molecule has 0 aliphatic carbocycles. The van der Waals surface area contributed by atoms with Gasteiger partial charge in [-0.25, -0.2) is 4.57 Å². The monoisotopic (exact) mass is 1180 g/mol. The minimum Gasteiger partial charge on any atom is -0.456 e. The Morgan fingerprint density at radius 2 is 0.735 bits per heavy atom. The molecule has 0 aromatic rings. The van der Waals surface area contributed by atoms with Gasteiger partial charge in [0.1, 0.15) is 19.3 Å². The zero-order valence-corrected chi connectivity index (χ0v) is 55.8. The molecule has 0 radical (unpaired) electrons. The average molecular weight is 1180 g/mol. The fourth-order valence-electron chi connectivity index (χ4n) is 9.64. The van der Waals surface area contributed by atoms with Crippen LogP contribution < -0.4 is 5.32 Å². The van der Waals surface area contributed by atoms with Gasteiger partial charge in [-0.15, -0.1) is 0 Å². The zero-order chi connectivity index (χ0) is 60.7. The summed E-state index contributed by atoms with van der Waals surface area (Å²) in [4.78, 5) is 37.9. The maximum absolute atomic E-state index is 13.6. The second kappa shape index (κ2) is 62.0. The van der Waals surface area contributed by atoms with Gasteiger partial charge in [0.25, 0.3) is 0 Å². The number of nitrogens with one attached hydrogen (secondary N) is 1. The molecule has 0 saturated carbocycles. The molecular weight excluding hydrogens is 1050 g/mol. The van der Waals surface area contributed by atoms with Crippen LogP contribution in [-0.4, -0.2) is 74.3 Å². The van der Waals surface area contributed by atoms with Crippen LogP contribution in [0.15, 0.2) is 97.2 Å². The number of esters is 1. The van der Waals surface area contributed by atoms with E-state index in [1.165, 1.54) is 167 Å². The van der Waals surface area contributed by atoms with Gasteiger partial charge in [0.05, 0.1) is 33.8 Å². The summed E-state index contributed by atoms with van der Waals surface area (Å²) in [5.74, 6) is -0.531. The lowest BCUT2D eigenvalue weighted by molar-refractivity contribution is -0.870. The number of rotatable bonds is 62. The second-order valence-electron chi connectivity index (χ2n) is 24.3. The van der Waals surface area contributed by atoms with Crippen molar-refractivity contribution in [1.82, 2.24) is 5.32 Å². The van der Waals surface area contributed by atoms with Gasteiger partial charge >= 0.3 is 13.8 Å². The molecule has 0 heterocycles. The Morgan fingerprint density at radius 1 is 0.422 bits per heavy atom. The van der Waals surface area contributed by atoms with Crippen LogP contribution in [0, 0.1) is 0 Å². The number of hydrogen-bond donors (Lipinski definition) is 2. The first-order valence-corrected chi connectivity index (χ1v) is 36.1. The van der Waals surface area contributed by atoms with E-state index in [4.69, 9.17) is 13.8 Å². The maximum Gasteiger partial charge on any atom is 0.472 e. The third-order valence-electron chi connectivity index (χ3n) is 15.0. The lowest BCUT2D eigenvalue weighted by atomic mass is 10.0. The van der Waals surface area contributed by atoms with E-state index in [1.54, 1.807) is 0 Å². The molecular formula is C73H132N2O7P+. The largest absolute Gasteiger partial charge is 0.472 e. The highest BCUT2D eigenvalue weighted by Crippen LogP contribution is 2.43. The summed E-state index contributed by atoms with van der Waals surface area (Å²) in [6, 6.07) is -0.867. The van der Waals surface area contributed by atoms with Crippen LogP contribution in [0.4, 0.5) is 0 Å². The molecule has 0 aromatic heterocycles. The van der Waals surface area contributed by atoms with Gasteiger partial charge in [0.2, 0.25) is 5.91 Å². The first kappa shape index (κ1) is 79.9. The highest BCUT2D eigenvalue weighted by molar-refractivity contribution is 7.47. The van der Waals surface area contributed by atoms with Crippen molar-refractivity contribution in [2.24, 2.45) is 0 Å². The van der Waals surface area contributed by atoms with E-state index >= 15 is 0 Å². The van der Waals surface area contributed by atoms with Crippen molar-refractivity contribution < 1.29 is 37.3 Å². The minimum absolute atomic E-state index is 0.0316. The molecule has 0 rings (SSSR count). The van der Waals surface area contributed by atoms with Gasteiger partial charge in [-0.2, -0.15) is 0 Å². The highest BCUT2D eigenvalue weighted by atomic mass is 31.2. The summed E-state index contributed by atoms with van der Waals surface area (Å²) >= 11 is 0. The summed E-state index contributed by atoms with van der Waals surface area (Å²) in [6.07, 6.45) is 84.1. The summed E-state index contributed by atoms with van der Waals surface area (Å²) in [7, 11) is 1.47. The number of likely N-dealkylation sites (N-methyl/N-ethyl adjacent to an activating group) is 1. The highest BCUT2D eigenvalue weighted by Gasteiger charge is 2.30. The van der Waals surface area contributed by atoms with E-state index in [-0.39, 0.29) is 31.5 Å². The number of phosphoric ester groups is 1. The first-order chi connectivity index (χ1) is 40.4. The molecule has 0 fully saturated rings. The van der Waals surface area contributed by atoms with Crippen LogP contribution >= 0.6 is 7.82 Å². The van der Waals surface area contributed by atoms with Gasteiger partial charge in [0.15, 0.2) is 0 Å². The molecule has 0 bridgehead atoms. The Kier molecular flexibility index (Phi) is 59.7. The summed E-state index contributed by atoms with van der Waals surface area (Å²) in [6.45, 7) is 6.95. The minimum atomic E-state index is -4.46. The molecule has 0 saturated heterocycles. The number of nitrogens with zero attached hydrogens (tertiary/aromatic N) is 1. The molecule has 9 nitrogen and oxygen atoms in total. The number of allylic oxidation sites excluding steroid dienone is 15. The Balaban J connectivity index is 5.14. The maximum atomic E-state index is 13.6. The van der Waals surface area contributed by atoms with Crippen LogP contribution in [0.1, 0.15) is 303 Å². The summed E-state index contributed by atoms with van der Waals surface area (Å²) in [5.41, 5.74) is 0. The van der Waals surface area contributed by atoms with Crippen LogP contribution in [0.2, 0.25) is 0 Å². The summed E-state index contributed by atoms with van der Waals surface area (Å²) in [5, 5.41) is 3.05. The molecule has 480 valence electrons. The fourth-order valence-corrected chi connectivity index (χ4v) is 10.4. The zero-order valence-electron chi connectivity index (χ0n) is 54.9. The Labute approximate surface area is 513 Å². The topological polar surface area (TPSA) is 111 Å². The van der Waals surface area contributed by atoms with Crippen molar-refractivity contribution in [3.8, 4) is 0 Å². The quantitative estimate of drug-likeness (QED) is 0.0205. The van der Waals surface area contributed by atoms with E-state index in [9.17, 15) is 19.0 Å². The molecule has 83 heavy (non-hydrogen) atoms. The van der Waals surface area contributed by atoms with Crippen molar-refractivity contribution in [2.75, 3.05) is 40.9 Å². The van der Waals surface area contributed by atoms with Crippen molar-refractivity contribution in [3.63, 3.8) is 0 Å². The van der Waals surface area contributed by atoms with Crippen molar-refractivity contribution >= 4 is 19.7 Å². The van der Waals surface area contributed by atoms with E-state index < -0.39 is 20.0 Å². The van der Waals surface area contributed by atoms with Crippen molar-refractivity contribution in [2.45, 2.75) is 315 Å². The third kappa shape index (κ3) is 63.3. The molecule has 0 aliphatic rings. The molecule has 2 N–H and O–H groups in total. The fraction of sp³-hybridized carbons (Fsp3) is 0.753. The number of carbonyl (C=O) groups is 2. The lowest BCUT2D eigenvalue weighted by Gasteiger charge is -2.27. The molecule has 3 atom stereocenters. The number of amides is 1. The van der Waals surface area contributed by atoms with Crippen molar-refractivity contribution in [1.29, 1.82) is 0 Å². The summed E-state index contributed by atoms with van der Waals surface area (Å²) < 4.78 is 30.8. The number of carbonyl (C=O) groups excluding carboxylic acids is 2. The van der Waals surface area contributed by atoms with Gasteiger partial charge in [-0.3, -0.25) is 18.6 Å². The van der Waals surface area contributed by atoms with Gasteiger partial charge in [-0.05, 0) is 115 Å². The number of phosphoric acid groups is 1. The van der Waals surface area contributed by atoms with E-state index in [0.29, 0.717) is 17.4 Å². The normalized spacial score (nSPS) is 14.2. The Hall–Kier alpha value is -3.07. The molecule has 3 unspecified atom stereocenters. The predicted molar refractivity (Wildman–Crippen MR) is 360 cm³/mol. The van der Waals surface area contributed by atoms with Crippen LogP contribution in [0.5, 0.6) is 0 Å². The standard InChI is InChI=1S/C73H131N2O7P/c1-7-10-13-16-19-22-25-28-30-32-33-34-35-36-37-38-39-40-41-43-45-48-51-54-57-60-63-66-73(77)82-71(64-61-58-55-52-49-46-27-24-21-18-15-12-9-3)70(69-81-83(78,79)80-68-67-75(4,5)6)74-72(76)65-62-59-56-53-50-47-44-42-31-29-26-23-20-17-14-11-8-2/h19-20,22-23,28-31,33-34,36-37,44,47,61,64,70-71H,7-18,21,24-27,32,35,38-43,45-46,48-60,62-63,65-69H2,1-6H3,(H-,74,76,78,79)/p+1/b22-19-,23-20-,30-28-,31-29-,34-33-,37-36-,47-44-,64-61-. The second-order valence-corrected chi connectivity index (χ2v) is 25.8. The molecule has 0 aromatic carbocycles. The van der Waals surface area contributed by atoms with E-state index in [0.717, 1.165) is 103 Å². The van der Waals surface area contributed by atoms with E-state index in [2.05, 4.69) is 111 Å². The number of hydrogen-bond acceptors (Lipinski definition) is 6. The predicted octanol–water partition coefficient (Wildman–Crippen LogP) is 21.9. The molecule has 0 aliphatic heterocycles. The SMILES string of the molecule is CCCCC/C=C\C/C=C\C/C=C\C/C=C\CCCCCCCCCCCCCC(=O)OC(/C=C\CCCCCCCCCCCCC)C(COP(=O)(O)OCC[N+](C)(C)C)NC(=O)CCCCCC/C=C\C/C=C\C/C=C\CCCCC. The molecule has 1 amide bonds. The van der Waals surface area contributed by atoms with Crippen LogP contribution in [0.25, 0.3) is 0 Å². The Morgan fingerprint density at radius 3 is 1.12 bits per heavy atom. The van der Waals surface area contributed by atoms with Crippen molar-refractivity contribution in [3.05, 3.63) is 97.2 Å². The molecule has 0 spiro atoms. The van der Waals surface area contributed by atoms with Gasteiger partial charge in [0, 0.05) is 12.8 Å². The number of quaternary nitrogens is 1. The molecule has 10 heteroatoms.